The summed E-state index contributed by atoms with van der Waals surface area (Å²) in [4.78, 5) is 18.8. The van der Waals surface area contributed by atoms with Gasteiger partial charge in [0, 0.05) is 12.4 Å². The number of carboxylic acids is 1. The van der Waals surface area contributed by atoms with E-state index in [2.05, 4.69) is 9.97 Å². The Labute approximate surface area is 95.5 Å². The fourth-order valence-electron chi connectivity index (χ4n) is 1.14. The van der Waals surface area contributed by atoms with Crippen molar-refractivity contribution in [1.29, 1.82) is 0 Å². The Balaban J connectivity index is 2.05. The van der Waals surface area contributed by atoms with Gasteiger partial charge in [0.1, 0.15) is 16.3 Å². The Morgan fingerprint density at radius 2 is 2.38 bits per heavy atom. The van der Waals surface area contributed by atoms with E-state index < -0.39 is 5.97 Å². The van der Waals surface area contributed by atoms with Gasteiger partial charge in [0.15, 0.2) is 0 Å². The Morgan fingerprint density at radius 1 is 1.50 bits per heavy atom. The molecule has 5 nitrogen and oxygen atoms in total. The van der Waals surface area contributed by atoms with Crippen molar-refractivity contribution in [3.8, 4) is 0 Å². The molecule has 2 heterocycles. The second kappa shape index (κ2) is 4.80. The van der Waals surface area contributed by atoms with Crippen molar-refractivity contribution in [2.24, 2.45) is 0 Å². The number of carbonyl (C=O) groups is 1. The van der Waals surface area contributed by atoms with E-state index in [0.29, 0.717) is 11.5 Å². The normalized spacial score (nSPS) is 10.2. The largest absolute Gasteiger partial charge is 0.478 e. The fourth-order valence-corrected chi connectivity index (χ4v) is 1.92. The van der Waals surface area contributed by atoms with Gasteiger partial charge in [-0.05, 0) is 6.07 Å². The lowest BCUT2D eigenvalue weighted by Gasteiger charge is -1.98. The highest BCUT2D eigenvalue weighted by Crippen LogP contribution is 2.22. The summed E-state index contributed by atoms with van der Waals surface area (Å²) < 4.78 is 5.10. The number of hydrogen-bond donors (Lipinski definition) is 1. The smallest absolute Gasteiger partial charge is 0.339 e. The molecule has 6 heteroatoms. The average Bonchev–Trinajstić information content (AvgIpc) is 2.76. The van der Waals surface area contributed by atoms with Crippen molar-refractivity contribution in [3.05, 3.63) is 42.2 Å². The predicted molar refractivity (Wildman–Crippen MR) is 57.3 cm³/mol. The number of furan rings is 1. The Bertz CT molecular complexity index is 484. The third kappa shape index (κ3) is 2.40. The first kappa shape index (κ1) is 10.7. The molecule has 0 radical (unpaired) electrons. The van der Waals surface area contributed by atoms with Crippen molar-refractivity contribution < 1.29 is 14.3 Å². The summed E-state index contributed by atoms with van der Waals surface area (Å²) in [6.07, 6.45) is 6.16. The number of carboxylic acid groups (broad SMARTS) is 1. The van der Waals surface area contributed by atoms with Gasteiger partial charge < -0.3 is 9.52 Å². The molecule has 0 fully saturated rings. The van der Waals surface area contributed by atoms with Gasteiger partial charge in [-0.3, -0.25) is 4.98 Å². The number of thioether (sulfide) groups is 1. The molecule has 0 amide bonds. The molecule has 0 aliphatic heterocycles. The van der Waals surface area contributed by atoms with E-state index in [-0.39, 0.29) is 5.56 Å². The summed E-state index contributed by atoms with van der Waals surface area (Å²) >= 11 is 1.38. The van der Waals surface area contributed by atoms with Crippen LogP contribution in [0.2, 0.25) is 0 Å². The summed E-state index contributed by atoms with van der Waals surface area (Å²) in [5, 5.41) is 9.59. The van der Waals surface area contributed by atoms with Gasteiger partial charge in [0.25, 0.3) is 0 Å². The molecule has 0 saturated heterocycles. The molecule has 0 aliphatic rings. The zero-order valence-corrected chi connectivity index (χ0v) is 8.98. The Hall–Kier alpha value is -1.82. The van der Waals surface area contributed by atoms with E-state index in [9.17, 15) is 4.79 Å². The molecule has 16 heavy (non-hydrogen) atoms. The minimum atomic E-state index is -0.983. The van der Waals surface area contributed by atoms with Crippen LogP contribution in [0.15, 0.2) is 40.4 Å². The van der Waals surface area contributed by atoms with E-state index in [0.717, 1.165) is 5.03 Å². The highest BCUT2D eigenvalue weighted by molar-refractivity contribution is 7.98. The third-order valence-corrected chi connectivity index (χ3v) is 2.78. The summed E-state index contributed by atoms with van der Waals surface area (Å²) in [5.74, 6) is -0.125. The van der Waals surface area contributed by atoms with Gasteiger partial charge in [-0.25, -0.2) is 9.78 Å². The van der Waals surface area contributed by atoms with Gasteiger partial charge >= 0.3 is 5.97 Å². The predicted octanol–water partition coefficient (Wildman–Crippen LogP) is 2.06. The minimum absolute atomic E-state index is 0.191. The first-order valence-electron chi connectivity index (χ1n) is 4.46. The lowest BCUT2D eigenvalue weighted by molar-refractivity contribution is 0.0695. The van der Waals surface area contributed by atoms with Crippen LogP contribution in [0.5, 0.6) is 0 Å². The standard InChI is InChI=1S/C10H8N2O3S/c13-10(14)7-1-4-15-8(7)6-16-9-5-11-2-3-12-9/h1-5H,6H2,(H,13,14). The fraction of sp³-hybridized carbons (Fsp3) is 0.100. The van der Waals surface area contributed by atoms with Gasteiger partial charge in [-0.1, -0.05) is 11.8 Å². The SMILES string of the molecule is O=C(O)c1ccoc1CSc1cnccn1. The molecule has 0 aliphatic carbocycles. The molecule has 2 rings (SSSR count). The third-order valence-electron chi connectivity index (χ3n) is 1.87. The molecule has 2 aromatic heterocycles. The van der Waals surface area contributed by atoms with Crippen LogP contribution in [-0.2, 0) is 5.75 Å². The molecule has 0 unspecified atom stereocenters. The van der Waals surface area contributed by atoms with Crippen molar-refractivity contribution in [2.45, 2.75) is 10.8 Å². The van der Waals surface area contributed by atoms with Gasteiger partial charge in [0.05, 0.1) is 18.2 Å². The van der Waals surface area contributed by atoms with Crippen LogP contribution in [0.4, 0.5) is 0 Å². The van der Waals surface area contributed by atoms with Crippen molar-refractivity contribution in [3.63, 3.8) is 0 Å². The molecule has 0 spiro atoms. The quantitative estimate of drug-likeness (QED) is 0.819. The van der Waals surface area contributed by atoms with Crippen LogP contribution in [0.1, 0.15) is 16.1 Å². The van der Waals surface area contributed by atoms with Crippen LogP contribution in [-0.4, -0.2) is 21.0 Å². The van der Waals surface area contributed by atoms with Crippen LogP contribution in [0, 0.1) is 0 Å². The summed E-state index contributed by atoms with van der Waals surface area (Å²) in [6.45, 7) is 0. The van der Waals surface area contributed by atoms with E-state index >= 15 is 0 Å². The minimum Gasteiger partial charge on any atom is -0.478 e. The van der Waals surface area contributed by atoms with E-state index in [1.807, 2.05) is 0 Å². The highest BCUT2D eigenvalue weighted by atomic mass is 32.2. The molecular formula is C10H8N2O3S. The number of hydrogen-bond acceptors (Lipinski definition) is 5. The lowest BCUT2D eigenvalue weighted by Crippen LogP contribution is -1.97. The maximum Gasteiger partial charge on any atom is 0.339 e. The monoisotopic (exact) mass is 236 g/mol. The molecule has 1 N–H and O–H groups in total. The zero-order chi connectivity index (χ0) is 11.4. The lowest BCUT2D eigenvalue weighted by atomic mass is 10.3. The van der Waals surface area contributed by atoms with Crippen LogP contribution < -0.4 is 0 Å². The second-order valence-corrected chi connectivity index (χ2v) is 3.89. The van der Waals surface area contributed by atoms with Gasteiger partial charge in [-0.2, -0.15) is 0 Å². The molecule has 2 aromatic rings. The number of aromatic carboxylic acids is 1. The van der Waals surface area contributed by atoms with Gasteiger partial charge in [-0.15, -0.1) is 0 Å². The molecule has 0 atom stereocenters. The van der Waals surface area contributed by atoms with E-state index in [1.54, 1.807) is 18.6 Å². The molecule has 82 valence electrons. The summed E-state index contributed by atoms with van der Waals surface area (Å²) in [6, 6.07) is 1.44. The first-order valence-corrected chi connectivity index (χ1v) is 5.44. The number of aromatic nitrogens is 2. The molecule has 0 aromatic carbocycles. The maximum absolute atomic E-state index is 10.8. The number of rotatable bonds is 4. The van der Waals surface area contributed by atoms with Gasteiger partial charge in [0.2, 0.25) is 0 Å². The topological polar surface area (TPSA) is 76.2 Å². The summed E-state index contributed by atoms with van der Waals surface area (Å²) in [7, 11) is 0. The van der Waals surface area contributed by atoms with Crippen LogP contribution >= 0.6 is 11.8 Å². The molecule has 0 bridgehead atoms. The molecule has 0 saturated carbocycles. The second-order valence-electron chi connectivity index (χ2n) is 2.89. The number of nitrogens with zero attached hydrogens (tertiary/aromatic N) is 2. The molecular weight excluding hydrogens is 228 g/mol. The van der Waals surface area contributed by atoms with Crippen LogP contribution in [0.25, 0.3) is 0 Å². The summed E-state index contributed by atoms with van der Waals surface area (Å²) in [5.41, 5.74) is 0.191. The van der Waals surface area contributed by atoms with Crippen molar-refractivity contribution >= 4 is 17.7 Å². The van der Waals surface area contributed by atoms with Crippen molar-refractivity contribution in [1.82, 2.24) is 9.97 Å². The van der Waals surface area contributed by atoms with E-state index in [4.69, 9.17) is 9.52 Å². The van der Waals surface area contributed by atoms with E-state index in [1.165, 1.54) is 24.1 Å². The maximum atomic E-state index is 10.8. The Morgan fingerprint density at radius 3 is 3.06 bits per heavy atom. The average molecular weight is 236 g/mol. The van der Waals surface area contributed by atoms with Crippen molar-refractivity contribution in [2.75, 3.05) is 0 Å². The first-order chi connectivity index (χ1) is 7.77. The van der Waals surface area contributed by atoms with Crippen LogP contribution in [0.3, 0.4) is 0 Å². The Kier molecular flexibility index (Phi) is 3.21. The zero-order valence-electron chi connectivity index (χ0n) is 8.16. The highest BCUT2D eigenvalue weighted by Gasteiger charge is 2.13.